The van der Waals surface area contributed by atoms with Gasteiger partial charge in [0, 0.05) is 12.1 Å². The Morgan fingerprint density at radius 2 is 1.72 bits per heavy atom. The van der Waals surface area contributed by atoms with Gasteiger partial charge in [0.2, 0.25) is 0 Å². The zero-order valence-electron chi connectivity index (χ0n) is 8.86. The first kappa shape index (κ1) is 11.5. The number of aromatic nitrogens is 3. The molecule has 1 aromatic carbocycles. The molecule has 2 N–H and O–H groups in total. The molecule has 92 valence electrons. The third-order valence-electron chi connectivity index (χ3n) is 2.09. The van der Waals surface area contributed by atoms with Crippen LogP contribution in [0.1, 0.15) is 5.56 Å². The number of nitro groups is 1. The zero-order chi connectivity index (χ0) is 13.1. The third kappa shape index (κ3) is 2.24. The molecule has 0 fully saturated rings. The first-order valence-electron chi connectivity index (χ1n) is 4.76. The van der Waals surface area contributed by atoms with Gasteiger partial charge in [0.05, 0.1) is 11.1 Å². The van der Waals surface area contributed by atoms with E-state index >= 15 is 0 Å². The summed E-state index contributed by atoms with van der Waals surface area (Å²) in [6.45, 7) is 0. The van der Waals surface area contributed by atoms with Crippen molar-refractivity contribution in [3.63, 3.8) is 0 Å². The number of hydrogen-bond acceptors (Lipinski definition) is 5. The molecule has 0 saturated carbocycles. The maximum absolute atomic E-state index is 11.1. The molecule has 2 aromatic rings. The largest absolute Gasteiger partial charge is 0.365 e. The molecule has 0 bridgehead atoms. The standard InChI is InChI=1S/C9H7N5O4/c15-8-11-12-9(16)13(8)10-5-6-1-3-7(4-2-6)14(17)18/h1-5H,(H,11,15)(H,12,16). The minimum absolute atomic E-state index is 0.0520. The summed E-state index contributed by atoms with van der Waals surface area (Å²) >= 11 is 0. The average molecular weight is 249 g/mol. The van der Waals surface area contributed by atoms with Crippen molar-refractivity contribution in [2.75, 3.05) is 0 Å². The van der Waals surface area contributed by atoms with Gasteiger partial charge < -0.3 is 0 Å². The molecule has 9 nitrogen and oxygen atoms in total. The van der Waals surface area contributed by atoms with E-state index in [2.05, 4.69) is 15.3 Å². The number of benzene rings is 1. The topological polar surface area (TPSA) is 126 Å². The van der Waals surface area contributed by atoms with E-state index in [0.29, 0.717) is 10.2 Å². The summed E-state index contributed by atoms with van der Waals surface area (Å²) in [6.07, 6.45) is 1.24. The van der Waals surface area contributed by atoms with Crippen molar-refractivity contribution in [1.29, 1.82) is 0 Å². The SMILES string of the molecule is O=c1[nH][nH]c(=O)n1N=Cc1ccc([N+](=O)[O-])cc1. The molecule has 2 rings (SSSR count). The summed E-state index contributed by atoms with van der Waals surface area (Å²) in [7, 11) is 0. The second-order valence-corrected chi connectivity index (χ2v) is 3.27. The van der Waals surface area contributed by atoms with E-state index in [4.69, 9.17) is 0 Å². The maximum Gasteiger partial charge on any atom is 0.365 e. The number of hydrogen-bond donors (Lipinski definition) is 2. The molecule has 1 aromatic heterocycles. The summed E-state index contributed by atoms with van der Waals surface area (Å²) in [5, 5.41) is 18.2. The van der Waals surface area contributed by atoms with Crippen LogP contribution >= 0.6 is 0 Å². The van der Waals surface area contributed by atoms with Crippen molar-refractivity contribution in [3.8, 4) is 0 Å². The minimum Gasteiger partial charge on any atom is -0.258 e. The fourth-order valence-electron chi connectivity index (χ4n) is 1.22. The monoisotopic (exact) mass is 249 g/mol. The lowest BCUT2D eigenvalue weighted by molar-refractivity contribution is -0.384. The van der Waals surface area contributed by atoms with Crippen LogP contribution in [0.25, 0.3) is 0 Å². The Bertz CT molecular complexity index is 678. The van der Waals surface area contributed by atoms with Crippen molar-refractivity contribution in [2.45, 2.75) is 0 Å². The summed E-state index contributed by atoms with van der Waals surface area (Å²) in [5.74, 6) is 0. The molecule has 0 aliphatic carbocycles. The van der Waals surface area contributed by atoms with E-state index in [9.17, 15) is 19.7 Å². The summed E-state index contributed by atoms with van der Waals surface area (Å²) < 4.78 is 0.599. The lowest BCUT2D eigenvalue weighted by Crippen LogP contribution is -2.22. The molecular formula is C9H7N5O4. The molecule has 0 unspecified atom stereocenters. The molecule has 0 aliphatic heterocycles. The Morgan fingerprint density at radius 3 is 2.22 bits per heavy atom. The second kappa shape index (κ2) is 4.49. The fraction of sp³-hybridized carbons (Fsp3) is 0. The first-order valence-corrected chi connectivity index (χ1v) is 4.76. The van der Waals surface area contributed by atoms with Gasteiger partial charge in [0.15, 0.2) is 0 Å². The van der Waals surface area contributed by atoms with Gasteiger partial charge in [-0.2, -0.15) is 5.10 Å². The van der Waals surface area contributed by atoms with E-state index in [1.807, 2.05) is 0 Å². The number of nitrogens with zero attached hydrogens (tertiary/aromatic N) is 3. The lowest BCUT2D eigenvalue weighted by Gasteiger charge is -1.92. The average Bonchev–Trinajstić information content (AvgIpc) is 2.67. The highest BCUT2D eigenvalue weighted by Crippen LogP contribution is 2.10. The molecule has 0 saturated heterocycles. The molecule has 18 heavy (non-hydrogen) atoms. The van der Waals surface area contributed by atoms with E-state index in [1.54, 1.807) is 0 Å². The summed E-state index contributed by atoms with van der Waals surface area (Å²) in [4.78, 5) is 32.1. The summed E-state index contributed by atoms with van der Waals surface area (Å²) in [6, 6.07) is 5.50. The van der Waals surface area contributed by atoms with Gasteiger partial charge in [0.1, 0.15) is 0 Å². The number of H-pyrrole nitrogens is 2. The smallest absolute Gasteiger partial charge is 0.258 e. The van der Waals surface area contributed by atoms with Crippen LogP contribution in [0, 0.1) is 10.1 Å². The highest BCUT2D eigenvalue weighted by Gasteiger charge is 2.03. The Hall–Kier alpha value is -2.97. The van der Waals surface area contributed by atoms with E-state index in [0.717, 1.165) is 0 Å². The highest BCUT2D eigenvalue weighted by atomic mass is 16.6. The van der Waals surface area contributed by atoms with Crippen LogP contribution in [-0.2, 0) is 0 Å². The number of non-ortho nitro benzene ring substituents is 1. The Morgan fingerprint density at radius 1 is 1.17 bits per heavy atom. The Labute approximate surface area is 98.5 Å². The van der Waals surface area contributed by atoms with Gasteiger partial charge in [-0.25, -0.2) is 19.8 Å². The molecular weight excluding hydrogens is 242 g/mol. The lowest BCUT2D eigenvalue weighted by atomic mass is 10.2. The van der Waals surface area contributed by atoms with Crippen LogP contribution in [0.5, 0.6) is 0 Å². The maximum atomic E-state index is 11.1. The summed E-state index contributed by atoms with van der Waals surface area (Å²) in [5.41, 5.74) is -0.923. The quantitative estimate of drug-likeness (QED) is 0.438. The van der Waals surface area contributed by atoms with Crippen LogP contribution in [0.4, 0.5) is 5.69 Å². The van der Waals surface area contributed by atoms with Gasteiger partial charge in [0.25, 0.3) is 5.69 Å². The van der Waals surface area contributed by atoms with Crippen molar-refractivity contribution >= 4 is 11.9 Å². The van der Waals surface area contributed by atoms with Crippen LogP contribution in [0.15, 0.2) is 39.0 Å². The van der Waals surface area contributed by atoms with Crippen LogP contribution in [-0.4, -0.2) is 26.0 Å². The number of rotatable bonds is 3. The first-order chi connectivity index (χ1) is 8.58. The number of nitrogens with one attached hydrogen (secondary N) is 2. The Kier molecular flexibility index (Phi) is 2.87. The van der Waals surface area contributed by atoms with Crippen molar-refractivity contribution in [2.24, 2.45) is 5.10 Å². The van der Waals surface area contributed by atoms with Crippen molar-refractivity contribution < 1.29 is 4.92 Å². The molecule has 0 atom stereocenters. The van der Waals surface area contributed by atoms with Gasteiger partial charge in [-0.3, -0.25) is 10.1 Å². The van der Waals surface area contributed by atoms with Gasteiger partial charge in [-0.05, 0) is 17.7 Å². The zero-order valence-corrected chi connectivity index (χ0v) is 8.86. The van der Waals surface area contributed by atoms with Crippen LogP contribution in [0.2, 0.25) is 0 Å². The van der Waals surface area contributed by atoms with Gasteiger partial charge >= 0.3 is 11.4 Å². The highest BCUT2D eigenvalue weighted by molar-refractivity contribution is 5.79. The van der Waals surface area contributed by atoms with Crippen molar-refractivity contribution in [3.05, 3.63) is 60.9 Å². The van der Waals surface area contributed by atoms with Crippen molar-refractivity contribution in [1.82, 2.24) is 14.9 Å². The molecule has 9 heteroatoms. The fourth-order valence-corrected chi connectivity index (χ4v) is 1.22. The van der Waals surface area contributed by atoms with E-state index in [-0.39, 0.29) is 5.69 Å². The van der Waals surface area contributed by atoms with Gasteiger partial charge in [-0.15, -0.1) is 4.68 Å². The molecule has 0 spiro atoms. The predicted molar refractivity (Wildman–Crippen MR) is 61.8 cm³/mol. The number of nitro benzene ring substituents is 1. The van der Waals surface area contributed by atoms with Gasteiger partial charge in [-0.1, -0.05) is 0 Å². The minimum atomic E-state index is -0.696. The normalized spacial score (nSPS) is 10.9. The van der Waals surface area contributed by atoms with Crippen LogP contribution in [0.3, 0.4) is 0 Å². The Balaban J connectivity index is 2.27. The number of aromatic amines is 2. The van der Waals surface area contributed by atoms with Crippen LogP contribution < -0.4 is 11.4 Å². The molecule has 0 amide bonds. The molecule has 1 heterocycles. The predicted octanol–water partition coefficient (Wildman–Crippen LogP) is -0.345. The second-order valence-electron chi connectivity index (χ2n) is 3.27. The third-order valence-corrected chi connectivity index (χ3v) is 2.09. The molecule has 0 aliphatic rings. The van der Waals surface area contributed by atoms with E-state index < -0.39 is 16.3 Å². The van der Waals surface area contributed by atoms with E-state index in [1.165, 1.54) is 30.5 Å². The molecule has 0 radical (unpaired) electrons.